The summed E-state index contributed by atoms with van der Waals surface area (Å²) in [6.07, 6.45) is 15.1. The molecule has 3 aliphatic rings. The lowest BCUT2D eigenvalue weighted by molar-refractivity contribution is -0.136. The Labute approximate surface area is 267 Å². The molecule has 232 valence electrons. The summed E-state index contributed by atoms with van der Waals surface area (Å²) in [5.74, 6) is 1.03. The van der Waals surface area contributed by atoms with Crippen LogP contribution < -0.4 is 0 Å². The van der Waals surface area contributed by atoms with Crippen LogP contribution in [-0.2, 0) is 20.7 Å². The maximum absolute atomic E-state index is 12.4. The van der Waals surface area contributed by atoms with Crippen molar-refractivity contribution in [2.24, 2.45) is 10.9 Å². The van der Waals surface area contributed by atoms with E-state index < -0.39 is 17.1 Å². The first kappa shape index (κ1) is 29.5. The van der Waals surface area contributed by atoms with Gasteiger partial charge in [-0.1, -0.05) is 23.8 Å². The fourth-order valence-electron chi connectivity index (χ4n) is 6.92. The van der Waals surface area contributed by atoms with Gasteiger partial charge in [0.1, 0.15) is 29.0 Å². The second kappa shape index (κ2) is 11.0. The third kappa shape index (κ3) is 5.15. The molecule has 1 fully saturated rings. The van der Waals surface area contributed by atoms with Crippen molar-refractivity contribution in [3.8, 4) is 22.5 Å². The van der Waals surface area contributed by atoms with Crippen LogP contribution in [0.25, 0.3) is 38.9 Å². The lowest BCUT2D eigenvalue weighted by atomic mass is 9.65. The van der Waals surface area contributed by atoms with E-state index in [1.165, 1.54) is 11.9 Å². The third-order valence-corrected chi connectivity index (χ3v) is 8.80. The first-order valence-corrected chi connectivity index (χ1v) is 15.4. The molecule has 2 aromatic heterocycles. The number of benzene rings is 2. The van der Waals surface area contributed by atoms with Crippen molar-refractivity contribution in [1.29, 1.82) is 0 Å². The molecule has 1 aliphatic carbocycles. The molecule has 2 atom stereocenters. The SMILES string of the molecule is Cc1cc2cc(-c3cnc(-c4cncnc4)nc3)ccc2c(C2=C(OC(C)(C)C)C=C3OCCC4=CC=NC2(C)C43)c1CC(=O)O. The number of carbonyl (C=O) groups is 1. The number of dihydropyridines is 1. The third-order valence-electron chi connectivity index (χ3n) is 8.80. The van der Waals surface area contributed by atoms with Crippen LogP contribution in [0.1, 0.15) is 50.8 Å². The van der Waals surface area contributed by atoms with Gasteiger partial charge in [-0.05, 0) is 79.8 Å². The molecule has 46 heavy (non-hydrogen) atoms. The van der Waals surface area contributed by atoms with Gasteiger partial charge in [0.2, 0.25) is 0 Å². The number of hydrogen-bond acceptors (Lipinski definition) is 8. The van der Waals surface area contributed by atoms with Crippen molar-refractivity contribution in [2.75, 3.05) is 6.61 Å². The Morgan fingerprint density at radius 3 is 2.54 bits per heavy atom. The molecule has 2 aliphatic heterocycles. The average molecular weight is 614 g/mol. The van der Waals surface area contributed by atoms with E-state index in [4.69, 9.17) is 14.5 Å². The van der Waals surface area contributed by atoms with Gasteiger partial charge in [0.05, 0.1) is 24.5 Å². The van der Waals surface area contributed by atoms with Crippen LogP contribution in [0.5, 0.6) is 0 Å². The Morgan fingerprint density at radius 1 is 1.07 bits per heavy atom. The molecule has 0 bridgehead atoms. The minimum atomic E-state index is -0.897. The van der Waals surface area contributed by atoms with Crippen molar-refractivity contribution in [3.05, 3.63) is 101 Å². The van der Waals surface area contributed by atoms with Gasteiger partial charge in [0.25, 0.3) is 0 Å². The number of aryl methyl sites for hydroxylation is 1. The summed E-state index contributed by atoms with van der Waals surface area (Å²) in [4.78, 5) is 34.7. The van der Waals surface area contributed by atoms with Crippen molar-refractivity contribution < 1.29 is 19.4 Å². The number of allylic oxidation sites excluding steroid dienone is 2. The van der Waals surface area contributed by atoms with E-state index in [2.05, 4.69) is 51.1 Å². The molecule has 7 rings (SSSR count). The minimum Gasteiger partial charge on any atom is -0.497 e. The molecule has 2 unspecified atom stereocenters. The Kier molecular flexibility index (Phi) is 7.07. The van der Waals surface area contributed by atoms with Gasteiger partial charge in [0, 0.05) is 54.6 Å². The molecule has 0 spiro atoms. The molecule has 0 saturated carbocycles. The highest BCUT2D eigenvalue weighted by Gasteiger charge is 2.51. The predicted molar refractivity (Wildman–Crippen MR) is 177 cm³/mol. The summed E-state index contributed by atoms with van der Waals surface area (Å²) in [7, 11) is 0. The molecular weight excluding hydrogens is 578 g/mol. The van der Waals surface area contributed by atoms with Gasteiger partial charge in [-0.2, -0.15) is 0 Å². The van der Waals surface area contributed by atoms with Crippen LogP contribution in [0.3, 0.4) is 0 Å². The molecule has 9 nitrogen and oxygen atoms in total. The Hall–Kier alpha value is -5.18. The fourth-order valence-corrected chi connectivity index (χ4v) is 6.92. The number of fused-ring (bicyclic) bond motifs is 1. The topological polar surface area (TPSA) is 120 Å². The number of carboxylic acid groups (broad SMARTS) is 1. The second-order valence-electron chi connectivity index (χ2n) is 13.2. The lowest BCUT2D eigenvalue weighted by Crippen LogP contribution is -2.44. The van der Waals surface area contributed by atoms with Crippen molar-refractivity contribution in [3.63, 3.8) is 0 Å². The number of aliphatic imine (C=N–C) groups is 1. The first-order chi connectivity index (χ1) is 22.0. The molecule has 1 saturated heterocycles. The van der Waals surface area contributed by atoms with Gasteiger partial charge < -0.3 is 14.6 Å². The number of carboxylic acids is 1. The van der Waals surface area contributed by atoms with Crippen LogP contribution in [0.15, 0.2) is 89.6 Å². The number of aromatic nitrogens is 4. The highest BCUT2D eigenvalue weighted by atomic mass is 16.5. The number of ether oxygens (including phenoxy) is 2. The molecule has 4 aromatic rings. The standard InChI is InChI=1S/C37H35N5O4/c1-21-12-24-13-23(25-18-40-35(41-19-25)26-16-38-20-39-17-26)6-7-27(24)32(28(21)14-31(43)44)34-30(46-36(2,3)4)15-29-33-22(9-11-45-29)8-10-42-37(33,34)5/h6-8,10,12-13,15-20,33H,9,11,14H2,1-5H3,(H,43,44). The second-order valence-corrected chi connectivity index (χ2v) is 13.2. The summed E-state index contributed by atoms with van der Waals surface area (Å²) >= 11 is 0. The van der Waals surface area contributed by atoms with Crippen LogP contribution >= 0.6 is 0 Å². The molecular formula is C37H35N5O4. The molecule has 4 heterocycles. The molecule has 2 aromatic carbocycles. The first-order valence-electron chi connectivity index (χ1n) is 15.4. The van der Waals surface area contributed by atoms with Gasteiger partial charge in [-0.25, -0.2) is 19.9 Å². The van der Waals surface area contributed by atoms with Crippen LogP contribution in [0.2, 0.25) is 0 Å². The quantitative estimate of drug-likeness (QED) is 0.249. The summed E-state index contributed by atoms with van der Waals surface area (Å²) in [5.41, 5.74) is 5.85. The maximum Gasteiger partial charge on any atom is 0.307 e. The van der Waals surface area contributed by atoms with Crippen LogP contribution in [0, 0.1) is 12.8 Å². The summed E-state index contributed by atoms with van der Waals surface area (Å²) in [6.45, 7) is 10.7. The largest absolute Gasteiger partial charge is 0.497 e. The van der Waals surface area contributed by atoms with Gasteiger partial charge in [-0.3, -0.25) is 9.79 Å². The summed E-state index contributed by atoms with van der Waals surface area (Å²) in [5, 5.41) is 12.0. The van der Waals surface area contributed by atoms with Crippen molar-refractivity contribution in [2.45, 2.75) is 58.6 Å². The van der Waals surface area contributed by atoms with E-state index in [1.54, 1.807) is 24.8 Å². The maximum atomic E-state index is 12.4. The highest BCUT2D eigenvalue weighted by molar-refractivity contribution is 6.02. The summed E-state index contributed by atoms with van der Waals surface area (Å²) in [6, 6.07) is 8.27. The normalized spacial score (nSPS) is 20.5. The Morgan fingerprint density at radius 2 is 1.83 bits per heavy atom. The molecule has 0 amide bonds. The monoisotopic (exact) mass is 613 g/mol. The van der Waals surface area contributed by atoms with Crippen molar-refractivity contribution >= 4 is 28.5 Å². The fraction of sp³-hybridized carbons (Fsp3) is 0.297. The molecule has 9 heteroatoms. The van der Waals surface area contributed by atoms with E-state index in [0.29, 0.717) is 18.2 Å². The van der Waals surface area contributed by atoms with Crippen LogP contribution in [0.4, 0.5) is 0 Å². The zero-order chi connectivity index (χ0) is 32.2. The minimum absolute atomic E-state index is 0.105. The van der Waals surface area contributed by atoms with Crippen LogP contribution in [-0.4, -0.2) is 55.0 Å². The van der Waals surface area contributed by atoms with E-state index in [-0.39, 0.29) is 12.3 Å². The van der Waals surface area contributed by atoms with Gasteiger partial charge in [0.15, 0.2) is 5.82 Å². The zero-order valence-electron chi connectivity index (χ0n) is 26.5. The summed E-state index contributed by atoms with van der Waals surface area (Å²) < 4.78 is 12.9. The zero-order valence-corrected chi connectivity index (χ0v) is 26.5. The van der Waals surface area contributed by atoms with Gasteiger partial charge in [-0.15, -0.1) is 0 Å². The average Bonchev–Trinajstić information content (AvgIpc) is 3.01. The molecule has 0 radical (unpaired) electrons. The van der Waals surface area contributed by atoms with E-state index >= 15 is 0 Å². The van der Waals surface area contributed by atoms with Crippen molar-refractivity contribution in [1.82, 2.24) is 19.9 Å². The van der Waals surface area contributed by atoms with E-state index in [1.807, 2.05) is 46.1 Å². The number of aliphatic carboxylic acids is 1. The highest BCUT2D eigenvalue weighted by Crippen LogP contribution is 2.54. The lowest BCUT2D eigenvalue weighted by Gasteiger charge is -2.47. The van der Waals surface area contributed by atoms with E-state index in [0.717, 1.165) is 61.9 Å². The smallest absolute Gasteiger partial charge is 0.307 e. The number of nitrogens with zero attached hydrogens (tertiary/aromatic N) is 5. The molecule has 1 N–H and O–H groups in total. The number of hydrogen-bond donors (Lipinski definition) is 1. The Bertz CT molecular complexity index is 2010. The number of rotatable bonds is 6. The predicted octanol–water partition coefficient (Wildman–Crippen LogP) is 6.92. The Balaban J connectivity index is 1.45. The van der Waals surface area contributed by atoms with Gasteiger partial charge >= 0.3 is 5.97 Å². The van der Waals surface area contributed by atoms with E-state index in [9.17, 15) is 9.90 Å².